The SMILES string of the molecule is CC[C@H](C)NC(=O)[C@H](CC)N(Cc1cccc(OC)c1)C(=O)CCc1ccccc1Cl. The van der Waals surface area contributed by atoms with Crippen molar-refractivity contribution in [2.75, 3.05) is 7.11 Å². The summed E-state index contributed by atoms with van der Waals surface area (Å²) in [4.78, 5) is 28.0. The van der Waals surface area contributed by atoms with Crippen molar-refractivity contribution in [2.24, 2.45) is 0 Å². The number of hydrogen-bond acceptors (Lipinski definition) is 3. The Bertz CT molecular complexity index is 871. The van der Waals surface area contributed by atoms with E-state index in [-0.39, 0.29) is 24.3 Å². The number of rotatable bonds is 11. The Kier molecular flexibility index (Phi) is 9.86. The molecule has 0 heterocycles. The fourth-order valence-electron chi connectivity index (χ4n) is 3.41. The fraction of sp³-hybridized carbons (Fsp3) is 0.440. The summed E-state index contributed by atoms with van der Waals surface area (Å²) in [6.45, 7) is 6.26. The van der Waals surface area contributed by atoms with Crippen LogP contribution in [-0.4, -0.2) is 35.9 Å². The van der Waals surface area contributed by atoms with Crippen LogP contribution in [0.2, 0.25) is 5.02 Å². The maximum atomic E-state index is 13.3. The first-order valence-corrected chi connectivity index (χ1v) is 11.2. The zero-order valence-electron chi connectivity index (χ0n) is 18.9. The van der Waals surface area contributed by atoms with E-state index < -0.39 is 6.04 Å². The number of benzene rings is 2. The summed E-state index contributed by atoms with van der Waals surface area (Å²) in [6.07, 6.45) is 2.17. The van der Waals surface area contributed by atoms with Gasteiger partial charge in [-0.2, -0.15) is 0 Å². The standard InChI is InChI=1S/C25H33ClN2O3/c1-5-18(3)27-25(30)23(6-2)28(17-19-10-9-12-21(16-19)31-4)24(29)15-14-20-11-7-8-13-22(20)26/h7-13,16,18,23H,5-6,14-15,17H2,1-4H3,(H,27,30)/t18-,23-/m0/s1. The minimum Gasteiger partial charge on any atom is -0.497 e. The Morgan fingerprint density at radius 2 is 1.84 bits per heavy atom. The van der Waals surface area contributed by atoms with Crippen molar-refractivity contribution in [3.05, 3.63) is 64.7 Å². The third-order valence-electron chi connectivity index (χ3n) is 5.44. The normalized spacial score (nSPS) is 12.7. The van der Waals surface area contributed by atoms with Crippen molar-refractivity contribution in [1.82, 2.24) is 10.2 Å². The van der Waals surface area contributed by atoms with E-state index in [1.54, 1.807) is 12.0 Å². The lowest BCUT2D eigenvalue weighted by Gasteiger charge is -2.31. The molecule has 2 rings (SSSR count). The van der Waals surface area contributed by atoms with Crippen molar-refractivity contribution in [3.8, 4) is 5.75 Å². The highest BCUT2D eigenvalue weighted by atomic mass is 35.5. The molecule has 6 heteroatoms. The first-order valence-electron chi connectivity index (χ1n) is 10.9. The van der Waals surface area contributed by atoms with Crippen molar-refractivity contribution >= 4 is 23.4 Å². The Morgan fingerprint density at radius 1 is 1.10 bits per heavy atom. The third kappa shape index (κ3) is 7.28. The molecule has 31 heavy (non-hydrogen) atoms. The minimum atomic E-state index is -0.543. The van der Waals surface area contributed by atoms with Crippen molar-refractivity contribution in [1.29, 1.82) is 0 Å². The highest BCUT2D eigenvalue weighted by molar-refractivity contribution is 6.31. The summed E-state index contributed by atoms with van der Waals surface area (Å²) in [6, 6.07) is 14.6. The number of halogens is 1. The van der Waals surface area contributed by atoms with Gasteiger partial charge < -0.3 is 15.0 Å². The van der Waals surface area contributed by atoms with Crippen LogP contribution in [0.4, 0.5) is 0 Å². The van der Waals surface area contributed by atoms with Gasteiger partial charge in [0.15, 0.2) is 0 Å². The molecule has 2 aromatic carbocycles. The average molecular weight is 445 g/mol. The van der Waals surface area contributed by atoms with Crippen LogP contribution in [0, 0.1) is 0 Å². The minimum absolute atomic E-state index is 0.0541. The van der Waals surface area contributed by atoms with E-state index in [1.165, 1.54) is 0 Å². The van der Waals surface area contributed by atoms with Gasteiger partial charge in [-0.1, -0.05) is 55.8 Å². The smallest absolute Gasteiger partial charge is 0.243 e. The summed E-state index contributed by atoms with van der Waals surface area (Å²) in [5.41, 5.74) is 1.84. The third-order valence-corrected chi connectivity index (χ3v) is 5.81. The number of hydrogen-bond donors (Lipinski definition) is 1. The summed E-state index contributed by atoms with van der Waals surface area (Å²) >= 11 is 6.26. The molecule has 0 aliphatic carbocycles. The number of amides is 2. The largest absolute Gasteiger partial charge is 0.497 e. The maximum absolute atomic E-state index is 13.3. The zero-order chi connectivity index (χ0) is 22.8. The topological polar surface area (TPSA) is 58.6 Å². The van der Waals surface area contributed by atoms with E-state index in [9.17, 15) is 9.59 Å². The molecule has 168 valence electrons. The molecule has 0 saturated carbocycles. The van der Waals surface area contributed by atoms with Gasteiger partial charge in [-0.3, -0.25) is 9.59 Å². The second-order valence-corrected chi connectivity index (χ2v) is 8.11. The molecule has 0 aliphatic heterocycles. The lowest BCUT2D eigenvalue weighted by atomic mass is 10.1. The Balaban J connectivity index is 2.25. The Morgan fingerprint density at radius 3 is 2.48 bits per heavy atom. The molecule has 0 aromatic heterocycles. The molecule has 0 saturated heterocycles. The molecular formula is C25H33ClN2O3. The molecule has 2 atom stereocenters. The van der Waals surface area contributed by atoms with Gasteiger partial charge >= 0.3 is 0 Å². The maximum Gasteiger partial charge on any atom is 0.243 e. The van der Waals surface area contributed by atoms with Crippen LogP contribution in [0.15, 0.2) is 48.5 Å². The fourth-order valence-corrected chi connectivity index (χ4v) is 3.64. The lowest BCUT2D eigenvalue weighted by Crippen LogP contribution is -2.50. The van der Waals surface area contributed by atoms with Gasteiger partial charge in [-0.05, 0) is 55.5 Å². The number of nitrogens with one attached hydrogen (secondary N) is 1. The first kappa shape index (κ1) is 24.7. The number of carbonyl (C=O) groups is 2. The van der Waals surface area contributed by atoms with Crippen LogP contribution in [0.25, 0.3) is 0 Å². The zero-order valence-corrected chi connectivity index (χ0v) is 19.6. The second kappa shape index (κ2) is 12.4. The van der Waals surface area contributed by atoms with Gasteiger partial charge in [0.05, 0.1) is 7.11 Å². The molecule has 2 amide bonds. The molecule has 0 bridgehead atoms. The number of carbonyl (C=O) groups excluding carboxylic acids is 2. The van der Waals surface area contributed by atoms with Gasteiger partial charge in [0.25, 0.3) is 0 Å². The van der Waals surface area contributed by atoms with Crippen LogP contribution in [0.5, 0.6) is 5.75 Å². The summed E-state index contributed by atoms with van der Waals surface area (Å²) in [5.74, 6) is 0.526. The first-order chi connectivity index (χ1) is 14.9. The molecule has 0 spiro atoms. The Labute approximate surface area is 190 Å². The van der Waals surface area contributed by atoms with Crippen LogP contribution < -0.4 is 10.1 Å². The summed E-state index contributed by atoms with van der Waals surface area (Å²) in [7, 11) is 1.61. The number of ether oxygens (including phenoxy) is 1. The van der Waals surface area contributed by atoms with Gasteiger partial charge in [-0.15, -0.1) is 0 Å². The van der Waals surface area contributed by atoms with Crippen molar-refractivity contribution in [3.63, 3.8) is 0 Å². The van der Waals surface area contributed by atoms with E-state index in [4.69, 9.17) is 16.3 Å². The van der Waals surface area contributed by atoms with Crippen molar-refractivity contribution in [2.45, 2.75) is 65.1 Å². The Hall–Kier alpha value is -2.53. The molecular weight excluding hydrogens is 412 g/mol. The van der Waals surface area contributed by atoms with E-state index >= 15 is 0 Å². The molecule has 2 aromatic rings. The lowest BCUT2D eigenvalue weighted by molar-refractivity contribution is -0.141. The monoisotopic (exact) mass is 444 g/mol. The van der Waals surface area contributed by atoms with Gasteiger partial charge in [0.2, 0.25) is 11.8 Å². The van der Waals surface area contributed by atoms with E-state index in [0.29, 0.717) is 24.4 Å². The molecule has 5 nitrogen and oxygen atoms in total. The number of methoxy groups -OCH3 is 1. The van der Waals surface area contributed by atoms with E-state index in [2.05, 4.69) is 5.32 Å². The van der Waals surface area contributed by atoms with Gasteiger partial charge in [0.1, 0.15) is 11.8 Å². The van der Waals surface area contributed by atoms with Crippen LogP contribution in [-0.2, 0) is 22.6 Å². The van der Waals surface area contributed by atoms with Crippen LogP contribution in [0.1, 0.15) is 51.2 Å². The predicted molar refractivity (Wildman–Crippen MR) is 125 cm³/mol. The highest BCUT2D eigenvalue weighted by Crippen LogP contribution is 2.21. The average Bonchev–Trinajstić information content (AvgIpc) is 2.78. The molecule has 0 fully saturated rings. The molecule has 0 unspecified atom stereocenters. The van der Waals surface area contributed by atoms with Gasteiger partial charge in [-0.25, -0.2) is 0 Å². The molecule has 0 aliphatic rings. The second-order valence-electron chi connectivity index (χ2n) is 7.71. The quantitative estimate of drug-likeness (QED) is 0.530. The van der Waals surface area contributed by atoms with E-state index in [1.807, 2.05) is 69.3 Å². The molecule has 0 radical (unpaired) electrons. The summed E-state index contributed by atoms with van der Waals surface area (Å²) < 4.78 is 5.32. The highest BCUT2D eigenvalue weighted by Gasteiger charge is 2.29. The van der Waals surface area contributed by atoms with Crippen molar-refractivity contribution < 1.29 is 14.3 Å². The predicted octanol–water partition coefficient (Wildman–Crippen LogP) is 5.00. The molecule has 1 N–H and O–H groups in total. The summed E-state index contributed by atoms with van der Waals surface area (Å²) in [5, 5.41) is 3.68. The number of aryl methyl sites for hydroxylation is 1. The van der Waals surface area contributed by atoms with Crippen LogP contribution in [0.3, 0.4) is 0 Å². The number of nitrogens with zero attached hydrogens (tertiary/aromatic N) is 1. The van der Waals surface area contributed by atoms with E-state index in [0.717, 1.165) is 23.3 Å². The van der Waals surface area contributed by atoms with Crippen LogP contribution >= 0.6 is 11.6 Å². The van der Waals surface area contributed by atoms with Gasteiger partial charge in [0, 0.05) is 24.0 Å².